The number of nitrogens with two attached hydrogens (primary N) is 3. The van der Waals surface area contributed by atoms with Crippen molar-refractivity contribution in [1.82, 2.24) is 16.0 Å². The summed E-state index contributed by atoms with van der Waals surface area (Å²) in [6.07, 6.45) is -0.911. The lowest BCUT2D eigenvalue weighted by atomic mass is 10.0. The Kier molecular flexibility index (Phi) is 10.9. The van der Waals surface area contributed by atoms with Crippen LogP contribution in [-0.2, 0) is 28.8 Å². The zero-order valence-corrected chi connectivity index (χ0v) is 16.3. The van der Waals surface area contributed by atoms with Gasteiger partial charge in [-0.15, -0.1) is 0 Å². The number of nitrogens with one attached hydrogen (secondary N) is 3. The average molecular weight is 416 g/mol. The lowest BCUT2D eigenvalue weighted by Gasteiger charge is -2.23. The number of hydrogen-bond donors (Lipinski definition) is 7. The first-order chi connectivity index (χ1) is 13.3. The molecule has 0 aliphatic carbocycles. The van der Waals surface area contributed by atoms with Crippen LogP contribution in [0.4, 0.5) is 0 Å². The minimum absolute atomic E-state index is 0.0945. The molecule has 0 radical (unpaired) electrons. The Hall–Kier alpha value is -3.22. The van der Waals surface area contributed by atoms with Crippen LogP contribution in [-0.4, -0.2) is 65.3 Å². The third kappa shape index (κ3) is 11.3. The van der Waals surface area contributed by atoms with E-state index >= 15 is 0 Å². The van der Waals surface area contributed by atoms with Gasteiger partial charge in [0.2, 0.25) is 29.5 Å². The van der Waals surface area contributed by atoms with E-state index in [1.807, 2.05) is 19.2 Å². The molecule has 13 nitrogen and oxygen atoms in total. The highest BCUT2D eigenvalue weighted by Crippen LogP contribution is 2.04. The number of primary amides is 2. The third-order valence-electron chi connectivity index (χ3n) is 3.55. The van der Waals surface area contributed by atoms with Crippen molar-refractivity contribution < 1.29 is 33.9 Å². The molecule has 0 heterocycles. The van der Waals surface area contributed by atoms with Crippen LogP contribution in [0.1, 0.15) is 33.1 Å². The van der Waals surface area contributed by atoms with Crippen molar-refractivity contribution >= 4 is 35.5 Å². The smallest absolute Gasteiger partial charge is 0.322 e. The van der Waals surface area contributed by atoms with E-state index in [0.717, 1.165) is 0 Å². The van der Waals surface area contributed by atoms with E-state index < -0.39 is 73.0 Å². The van der Waals surface area contributed by atoms with Crippen LogP contribution in [0.5, 0.6) is 0 Å². The van der Waals surface area contributed by atoms with Gasteiger partial charge in [-0.2, -0.15) is 0 Å². The quantitative estimate of drug-likeness (QED) is 0.157. The van der Waals surface area contributed by atoms with Crippen LogP contribution in [0.3, 0.4) is 0 Å². The Morgan fingerprint density at radius 1 is 0.828 bits per heavy atom. The summed E-state index contributed by atoms with van der Waals surface area (Å²) in [5.74, 6) is -5.80. The highest BCUT2D eigenvalue weighted by molar-refractivity contribution is 5.97. The molecule has 0 spiro atoms. The fourth-order valence-electron chi connectivity index (χ4n) is 2.27. The molecule has 5 amide bonds. The molecule has 0 saturated heterocycles. The second-order valence-electron chi connectivity index (χ2n) is 6.81. The third-order valence-corrected chi connectivity index (χ3v) is 3.55. The van der Waals surface area contributed by atoms with Crippen molar-refractivity contribution in [2.45, 2.75) is 51.2 Å². The summed E-state index contributed by atoms with van der Waals surface area (Å²) in [5, 5.41) is 15.0. The first kappa shape index (κ1) is 25.8. The molecular weight excluding hydrogens is 388 g/mol. The average Bonchev–Trinajstić information content (AvgIpc) is 2.56. The predicted molar refractivity (Wildman–Crippen MR) is 99.6 cm³/mol. The molecular formula is C16H28N6O7. The lowest BCUT2D eigenvalue weighted by Crippen LogP contribution is -2.57. The van der Waals surface area contributed by atoms with Gasteiger partial charge in [0.1, 0.15) is 18.6 Å². The van der Waals surface area contributed by atoms with Crippen LogP contribution in [0, 0.1) is 5.92 Å². The maximum atomic E-state index is 12.5. The molecule has 3 unspecified atom stereocenters. The van der Waals surface area contributed by atoms with E-state index in [1.165, 1.54) is 0 Å². The Morgan fingerprint density at radius 2 is 1.28 bits per heavy atom. The number of amides is 5. The molecule has 0 saturated carbocycles. The van der Waals surface area contributed by atoms with E-state index in [9.17, 15) is 28.8 Å². The Labute approximate surface area is 167 Å². The van der Waals surface area contributed by atoms with E-state index in [0.29, 0.717) is 6.42 Å². The van der Waals surface area contributed by atoms with E-state index in [1.54, 1.807) is 0 Å². The maximum Gasteiger partial charge on any atom is 0.322 e. The van der Waals surface area contributed by atoms with Gasteiger partial charge >= 0.3 is 5.97 Å². The summed E-state index contributed by atoms with van der Waals surface area (Å²) >= 11 is 0. The Bertz CT molecular complexity index is 652. The largest absolute Gasteiger partial charge is 0.480 e. The number of rotatable bonds is 13. The minimum atomic E-state index is -1.52. The highest BCUT2D eigenvalue weighted by Gasteiger charge is 2.30. The van der Waals surface area contributed by atoms with Gasteiger partial charge in [-0.3, -0.25) is 28.8 Å². The summed E-state index contributed by atoms with van der Waals surface area (Å²) in [6, 6.07) is -3.92. The van der Waals surface area contributed by atoms with Gasteiger partial charge in [0, 0.05) is 0 Å². The molecule has 0 aromatic heterocycles. The number of carboxylic acid groups (broad SMARTS) is 1. The van der Waals surface area contributed by atoms with Crippen molar-refractivity contribution in [2.75, 3.05) is 6.54 Å². The van der Waals surface area contributed by atoms with Crippen LogP contribution in [0.15, 0.2) is 0 Å². The topological polar surface area (TPSA) is 237 Å². The van der Waals surface area contributed by atoms with E-state index in [-0.39, 0.29) is 5.92 Å². The summed E-state index contributed by atoms with van der Waals surface area (Å²) in [7, 11) is 0. The van der Waals surface area contributed by atoms with Crippen molar-refractivity contribution in [3.8, 4) is 0 Å². The number of carbonyl (C=O) groups excluding carboxylic acids is 5. The molecule has 0 aromatic carbocycles. The highest BCUT2D eigenvalue weighted by atomic mass is 16.4. The zero-order chi connectivity index (χ0) is 22.7. The van der Waals surface area contributed by atoms with Gasteiger partial charge in [-0.05, 0) is 12.3 Å². The number of aliphatic carboxylic acids is 1. The molecule has 10 N–H and O–H groups in total. The Morgan fingerprint density at radius 3 is 1.69 bits per heavy atom. The zero-order valence-electron chi connectivity index (χ0n) is 16.3. The number of carbonyl (C=O) groups is 6. The fraction of sp³-hybridized carbons (Fsp3) is 0.625. The molecule has 29 heavy (non-hydrogen) atoms. The van der Waals surface area contributed by atoms with Crippen LogP contribution < -0.4 is 33.2 Å². The second kappa shape index (κ2) is 12.3. The van der Waals surface area contributed by atoms with E-state index in [4.69, 9.17) is 22.3 Å². The SMILES string of the molecule is CC(C)CC(N)C(=O)NC(CC(N)=O)C(=O)NC(CC(N)=O)C(=O)NCC(=O)O. The molecule has 3 atom stereocenters. The molecule has 13 heteroatoms. The molecule has 0 aromatic rings. The minimum Gasteiger partial charge on any atom is -0.480 e. The lowest BCUT2D eigenvalue weighted by molar-refractivity contribution is -0.139. The van der Waals surface area contributed by atoms with Crippen LogP contribution >= 0.6 is 0 Å². The number of hydrogen-bond acceptors (Lipinski definition) is 7. The Balaban J connectivity index is 5.28. The predicted octanol–water partition coefficient (Wildman–Crippen LogP) is -3.72. The van der Waals surface area contributed by atoms with Gasteiger partial charge < -0.3 is 38.3 Å². The van der Waals surface area contributed by atoms with Crippen molar-refractivity contribution in [3.63, 3.8) is 0 Å². The fourth-order valence-corrected chi connectivity index (χ4v) is 2.27. The first-order valence-electron chi connectivity index (χ1n) is 8.75. The van der Waals surface area contributed by atoms with Gasteiger partial charge in [0.25, 0.3) is 0 Å². The van der Waals surface area contributed by atoms with Crippen LogP contribution in [0.2, 0.25) is 0 Å². The summed E-state index contributed by atoms with van der Waals surface area (Å²) in [6.45, 7) is 2.92. The molecule has 0 aliphatic heterocycles. The number of carboxylic acids is 1. The van der Waals surface area contributed by atoms with Gasteiger partial charge in [0.15, 0.2) is 0 Å². The summed E-state index contributed by atoms with van der Waals surface area (Å²) in [4.78, 5) is 69.6. The monoisotopic (exact) mass is 416 g/mol. The molecule has 0 fully saturated rings. The van der Waals surface area contributed by atoms with Gasteiger partial charge in [-0.25, -0.2) is 0 Å². The first-order valence-corrected chi connectivity index (χ1v) is 8.75. The summed E-state index contributed by atoms with van der Waals surface area (Å²) in [5.41, 5.74) is 15.9. The molecule has 0 rings (SSSR count). The van der Waals surface area contributed by atoms with Crippen LogP contribution in [0.25, 0.3) is 0 Å². The standard InChI is InChI=1S/C16H28N6O7/c1-7(2)3-8(17)14(27)21-10(5-12(19)24)16(29)22-9(4-11(18)23)15(28)20-6-13(25)26/h7-10H,3-6,17H2,1-2H3,(H2,18,23)(H2,19,24)(H,20,28)(H,21,27)(H,22,29)(H,25,26). The maximum absolute atomic E-state index is 12.5. The second-order valence-corrected chi connectivity index (χ2v) is 6.81. The van der Waals surface area contributed by atoms with Gasteiger partial charge in [0.05, 0.1) is 18.9 Å². The normalized spacial score (nSPS) is 13.7. The molecule has 0 aliphatic rings. The van der Waals surface area contributed by atoms with Crippen molar-refractivity contribution in [1.29, 1.82) is 0 Å². The molecule has 164 valence electrons. The van der Waals surface area contributed by atoms with Gasteiger partial charge in [-0.1, -0.05) is 13.8 Å². The summed E-state index contributed by atoms with van der Waals surface area (Å²) < 4.78 is 0. The van der Waals surface area contributed by atoms with Crippen molar-refractivity contribution in [2.24, 2.45) is 23.1 Å². The molecule has 0 bridgehead atoms. The van der Waals surface area contributed by atoms with E-state index in [2.05, 4.69) is 10.6 Å². The van der Waals surface area contributed by atoms with Crippen molar-refractivity contribution in [3.05, 3.63) is 0 Å².